The van der Waals surface area contributed by atoms with Gasteiger partial charge in [-0.25, -0.2) is 0 Å². The van der Waals surface area contributed by atoms with Crippen LogP contribution in [0.2, 0.25) is 0 Å². The van der Waals surface area contributed by atoms with E-state index in [0.717, 1.165) is 23.3 Å². The monoisotopic (exact) mass is 325 g/mol. The fourth-order valence-electron chi connectivity index (χ4n) is 2.85. The summed E-state index contributed by atoms with van der Waals surface area (Å²) in [5, 5.41) is 12.1. The Bertz CT molecular complexity index is 742. The highest BCUT2D eigenvalue weighted by molar-refractivity contribution is 5.81. The number of amides is 1. The van der Waals surface area contributed by atoms with Gasteiger partial charge in [-0.05, 0) is 22.8 Å². The van der Waals surface area contributed by atoms with Crippen molar-refractivity contribution in [3.63, 3.8) is 0 Å². The molecule has 1 heterocycles. The van der Waals surface area contributed by atoms with Crippen molar-refractivity contribution in [2.24, 2.45) is 0 Å². The average Bonchev–Trinajstić information content (AvgIpc) is 3.03. The van der Waals surface area contributed by atoms with E-state index in [1.54, 1.807) is 24.3 Å². The van der Waals surface area contributed by atoms with E-state index < -0.39 is 11.9 Å². The summed E-state index contributed by atoms with van der Waals surface area (Å²) >= 11 is 0. The van der Waals surface area contributed by atoms with Gasteiger partial charge in [-0.1, -0.05) is 42.5 Å². The molecule has 0 fully saturated rings. The highest BCUT2D eigenvalue weighted by Gasteiger charge is 2.20. The maximum absolute atomic E-state index is 12.1. The Morgan fingerprint density at radius 3 is 2.71 bits per heavy atom. The molecule has 2 aromatic rings. The standard InChI is InChI=1S/C19H19NO4/c21-18(11-13-6-7-17-15(10-13)8-9-24-17)20-12-16(19(22)23)14-4-2-1-3-5-14/h1-7,10,16H,8-9,11-12H2,(H,20,21)(H,22,23). The zero-order chi connectivity index (χ0) is 16.9. The molecular formula is C19H19NO4. The topological polar surface area (TPSA) is 75.6 Å². The largest absolute Gasteiger partial charge is 0.493 e. The zero-order valence-electron chi connectivity index (χ0n) is 13.2. The number of carbonyl (C=O) groups excluding carboxylic acids is 1. The Kier molecular flexibility index (Phi) is 4.79. The molecule has 1 unspecified atom stereocenters. The third-order valence-electron chi connectivity index (χ3n) is 4.12. The molecule has 124 valence electrons. The van der Waals surface area contributed by atoms with E-state index in [2.05, 4.69) is 5.32 Å². The fraction of sp³-hybridized carbons (Fsp3) is 0.263. The number of hydrogen-bond acceptors (Lipinski definition) is 3. The number of carboxylic acid groups (broad SMARTS) is 1. The summed E-state index contributed by atoms with van der Waals surface area (Å²) in [6, 6.07) is 14.7. The molecule has 3 rings (SSSR count). The smallest absolute Gasteiger partial charge is 0.312 e. The number of ether oxygens (including phenoxy) is 1. The molecule has 0 saturated carbocycles. The van der Waals surface area contributed by atoms with Crippen molar-refractivity contribution in [2.45, 2.75) is 18.8 Å². The maximum Gasteiger partial charge on any atom is 0.312 e. The third kappa shape index (κ3) is 3.74. The van der Waals surface area contributed by atoms with Crippen molar-refractivity contribution >= 4 is 11.9 Å². The van der Waals surface area contributed by atoms with Gasteiger partial charge >= 0.3 is 5.97 Å². The van der Waals surface area contributed by atoms with Gasteiger partial charge in [0.05, 0.1) is 18.9 Å². The van der Waals surface area contributed by atoms with Gasteiger partial charge in [0.15, 0.2) is 0 Å². The first-order chi connectivity index (χ1) is 11.6. The Morgan fingerprint density at radius 2 is 1.96 bits per heavy atom. The second-order valence-electron chi connectivity index (χ2n) is 5.82. The Labute approximate surface area is 140 Å². The molecule has 0 aromatic heterocycles. The average molecular weight is 325 g/mol. The van der Waals surface area contributed by atoms with E-state index in [9.17, 15) is 14.7 Å². The summed E-state index contributed by atoms with van der Waals surface area (Å²) in [5.74, 6) is -0.995. The molecule has 0 spiro atoms. The number of carboxylic acids is 1. The Morgan fingerprint density at radius 1 is 1.17 bits per heavy atom. The lowest BCUT2D eigenvalue weighted by Gasteiger charge is -2.14. The second-order valence-corrected chi connectivity index (χ2v) is 5.82. The fourth-order valence-corrected chi connectivity index (χ4v) is 2.85. The number of benzene rings is 2. The van der Waals surface area contributed by atoms with Crippen LogP contribution in [0.1, 0.15) is 22.6 Å². The van der Waals surface area contributed by atoms with Gasteiger partial charge in [-0.15, -0.1) is 0 Å². The van der Waals surface area contributed by atoms with E-state index in [1.807, 2.05) is 24.3 Å². The molecule has 1 aliphatic rings. The van der Waals surface area contributed by atoms with E-state index in [0.29, 0.717) is 12.2 Å². The van der Waals surface area contributed by atoms with Crippen molar-refractivity contribution in [3.8, 4) is 5.75 Å². The molecule has 0 saturated heterocycles. The predicted molar refractivity (Wildman–Crippen MR) is 89.2 cm³/mol. The van der Waals surface area contributed by atoms with Crippen LogP contribution in [0.25, 0.3) is 0 Å². The molecule has 1 aliphatic heterocycles. The SMILES string of the molecule is O=C(Cc1ccc2c(c1)CCO2)NCC(C(=O)O)c1ccccc1. The van der Waals surface area contributed by atoms with Crippen molar-refractivity contribution in [2.75, 3.05) is 13.2 Å². The van der Waals surface area contributed by atoms with Gasteiger partial charge in [-0.2, -0.15) is 0 Å². The number of fused-ring (bicyclic) bond motifs is 1. The molecule has 2 aromatic carbocycles. The minimum atomic E-state index is -0.948. The highest BCUT2D eigenvalue weighted by atomic mass is 16.5. The van der Waals surface area contributed by atoms with E-state index in [4.69, 9.17) is 4.74 Å². The first kappa shape index (κ1) is 16.1. The van der Waals surface area contributed by atoms with Crippen LogP contribution >= 0.6 is 0 Å². The van der Waals surface area contributed by atoms with Crippen LogP contribution in [0.4, 0.5) is 0 Å². The molecule has 5 nitrogen and oxygen atoms in total. The third-order valence-corrected chi connectivity index (χ3v) is 4.12. The van der Waals surface area contributed by atoms with Gasteiger partial charge in [0, 0.05) is 13.0 Å². The summed E-state index contributed by atoms with van der Waals surface area (Å²) in [6.45, 7) is 0.759. The Balaban J connectivity index is 1.59. The summed E-state index contributed by atoms with van der Waals surface area (Å²) in [6.07, 6.45) is 1.09. The van der Waals surface area contributed by atoms with Crippen LogP contribution in [0, 0.1) is 0 Å². The summed E-state index contributed by atoms with van der Waals surface area (Å²) in [4.78, 5) is 23.6. The lowest BCUT2D eigenvalue weighted by molar-refractivity contribution is -0.138. The number of rotatable bonds is 6. The zero-order valence-corrected chi connectivity index (χ0v) is 13.2. The summed E-state index contributed by atoms with van der Waals surface area (Å²) < 4.78 is 5.45. The second kappa shape index (κ2) is 7.17. The van der Waals surface area contributed by atoms with Crippen LogP contribution in [0.3, 0.4) is 0 Å². The number of aliphatic carboxylic acids is 1. The van der Waals surface area contributed by atoms with Crippen LogP contribution < -0.4 is 10.1 Å². The number of nitrogens with one attached hydrogen (secondary N) is 1. The minimum Gasteiger partial charge on any atom is -0.493 e. The molecule has 1 amide bonds. The normalized spacial score (nSPS) is 13.7. The van der Waals surface area contributed by atoms with Gasteiger partial charge in [-0.3, -0.25) is 9.59 Å². The molecule has 0 radical (unpaired) electrons. The van der Waals surface area contributed by atoms with Crippen molar-refractivity contribution in [1.29, 1.82) is 0 Å². The van der Waals surface area contributed by atoms with Crippen molar-refractivity contribution in [3.05, 3.63) is 65.2 Å². The van der Waals surface area contributed by atoms with E-state index in [-0.39, 0.29) is 18.9 Å². The van der Waals surface area contributed by atoms with Gasteiger partial charge in [0.1, 0.15) is 5.75 Å². The van der Waals surface area contributed by atoms with Crippen LogP contribution in [-0.4, -0.2) is 30.1 Å². The highest BCUT2D eigenvalue weighted by Crippen LogP contribution is 2.26. The first-order valence-corrected chi connectivity index (χ1v) is 7.92. The number of hydrogen-bond donors (Lipinski definition) is 2. The van der Waals surface area contributed by atoms with Gasteiger partial charge < -0.3 is 15.2 Å². The Hall–Kier alpha value is -2.82. The van der Waals surface area contributed by atoms with E-state index >= 15 is 0 Å². The van der Waals surface area contributed by atoms with Crippen LogP contribution in [-0.2, 0) is 22.4 Å². The van der Waals surface area contributed by atoms with Crippen molar-refractivity contribution in [1.82, 2.24) is 5.32 Å². The molecule has 2 N–H and O–H groups in total. The molecule has 24 heavy (non-hydrogen) atoms. The quantitative estimate of drug-likeness (QED) is 0.853. The molecular weight excluding hydrogens is 306 g/mol. The molecule has 0 aliphatic carbocycles. The maximum atomic E-state index is 12.1. The van der Waals surface area contributed by atoms with Crippen LogP contribution in [0.15, 0.2) is 48.5 Å². The van der Waals surface area contributed by atoms with E-state index in [1.165, 1.54) is 0 Å². The molecule has 5 heteroatoms. The van der Waals surface area contributed by atoms with Crippen molar-refractivity contribution < 1.29 is 19.4 Å². The predicted octanol–water partition coefficient (Wildman–Crippen LogP) is 2.15. The lowest BCUT2D eigenvalue weighted by atomic mass is 9.99. The summed E-state index contributed by atoms with van der Waals surface area (Å²) in [7, 11) is 0. The first-order valence-electron chi connectivity index (χ1n) is 7.92. The number of carbonyl (C=O) groups is 2. The molecule has 1 atom stereocenters. The summed E-state index contributed by atoms with van der Waals surface area (Å²) in [5.41, 5.74) is 2.70. The van der Waals surface area contributed by atoms with Crippen LogP contribution in [0.5, 0.6) is 5.75 Å². The molecule has 0 bridgehead atoms. The van der Waals surface area contributed by atoms with Gasteiger partial charge in [0.25, 0.3) is 0 Å². The minimum absolute atomic E-state index is 0.0756. The van der Waals surface area contributed by atoms with Gasteiger partial charge in [0.2, 0.25) is 5.91 Å². The lowest BCUT2D eigenvalue weighted by Crippen LogP contribution is -2.32.